The molecule has 64 heavy (non-hydrogen) atoms. The normalized spacial score (nSPS) is 12.3. The van der Waals surface area contributed by atoms with Gasteiger partial charge in [0.2, 0.25) is 0 Å². The average Bonchev–Trinajstić information content (AvgIpc) is 3.23. The zero-order valence-corrected chi connectivity index (χ0v) is 46.0. The van der Waals surface area contributed by atoms with Crippen LogP contribution in [0.3, 0.4) is 0 Å². The van der Waals surface area contributed by atoms with Gasteiger partial charge in [0.1, 0.15) is 0 Å². The summed E-state index contributed by atoms with van der Waals surface area (Å²) >= 11 is -6.45. The van der Waals surface area contributed by atoms with Crippen molar-refractivity contribution in [2.75, 3.05) is 0 Å². The van der Waals surface area contributed by atoms with Crippen molar-refractivity contribution in [1.29, 1.82) is 0 Å². The average molecular weight is 941 g/mol. The van der Waals surface area contributed by atoms with Crippen LogP contribution in [0.25, 0.3) is 0 Å². The predicted octanol–water partition coefficient (Wildman–Crippen LogP) is 19.6. The molecule has 7 heteroatoms. The first-order valence-corrected chi connectivity index (χ1v) is 32.2. The minimum absolute atomic E-state index is 0.0204. The molecule has 0 saturated heterocycles. The van der Waals surface area contributed by atoms with Crippen LogP contribution >= 0.6 is 0 Å². The van der Waals surface area contributed by atoms with Gasteiger partial charge in [-0.15, -0.1) is 0 Å². The second-order valence-corrected chi connectivity index (χ2v) is 28.7. The Hall–Kier alpha value is -0.876. The summed E-state index contributed by atoms with van der Waals surface area (Å²) in [6.45, 7) is 17.1. The fourth-order valence-corrected chi connectivity index (χ4v) is 14.0. The van der Waals surface area contributed by atoms with Gasteiger partial charge in [0.05, 0.1) is 0 Å². The van der Waals surface area contributed by atoms with Gasteiger partial charge in [-0.25, -0.2) is 0 Å². The third kappa shape index (κ3) is 36.2. The van der Waals surface area contributed by atoms with E-state index in [2.05, 4.69) is 41.5 Å². The fraction of sp³-hybridized carbons (Fsp3) is 0.947. The van der Waals surface area contributed by atoms with Gasteiger partial charge in [-0.05, 0) is 17.8 Å². The Balaban J connectivity index is 4.87. The Bertz CT molecular complexity index is 1100. The van der Waals surface area contributed by atoms with Crippen molar-refractivity contribution in [1.82, 2.24) is 0 Å². The first kappa shape index (κ1) is 63.1. The topological polar surface area (TPSA) is 86.7 Å². The van der Waals surface area contributed by atoms with E-state index >= 15 is 3.32 Å². The predicted molar refractivity (Wildman–Crippen MR) is 271 cm³/mol. The van der Waals surface area contributed by atoms with Crippen LogP contribution in [-0.4, -0.2) is 16.0 Å². The summed E-state index contributed by atoms with van der Waals surface area (Å²) in [5, 5.41) is 0. The van der Waals surface area contributed by atoms with Gasteiger partial charge in [0.25, 0.3) is 0 Å². The van der Waals surface area contributed by atoms with Gasteiger partial charge in [0, 0.05) is 0 Å². The zero-order chi connectivity index (χ0) is 47.6. The van der Waals surface area contributed by atoms with E-state index in [4.69, 9.17) is 6.64 Å². The molecule has 6 nitrogen and oxygen atoms in total. The van der Waals surface area contributed by atoms with E-state index < -0.39 is 36.3 Å². The first-order chi connectivity index (χ1) is 30.7. The molecule has 0 aromatic heterocycles. The number of unbranched alkanes of at least 4 members (excludes halogenated alkanes) is 33. The number of hydrogen-bond acceptors (Lipinski definition) is 6. The van der Waals surface area contributed by atoms with Gasteiger partial charge in [-0.3, -0.25) is 0 Å². The molecule has 0 amide bonds. The van der Waals surface area contributed by atoms with E-state index in [1.165, 1.54) is 173 Å². The molecular formula is C57H112O6Ti. The second-order valence-electron chi connectivity index (χ2n) is 22.1. The summed E-state index contributed by atoms with van der Waals surface area (Å²) in [7, 11) is 0. The molecule has 0 bridgehead atoms. The SMILES string of the molecule is CC(C)CCCCCCCCCCCCCCC(=O)[O][Ti](=[O])([O]C(=O)CCCCCCCCCCCCCCC(C)C)([C](=O)CCCCCCCCCCCCCCC(C)C)[CH](C)C. The summed E-state index contributed by atoms with van der Waals surface area (Å²) in [6, 6.07) is 0. The van der Waals surface area contributed by atoms with Gasteiger partial charge in [-0.1, -0.05) is 112 Å². The molecule has 0 radical (unpaired) electrons. The van der Waals surface area contributed by atoms with Crippen molar-refractivity contribution < 1.29 is 40.4 Å². The van der Waals surface area contributed by atoms with Crippen molar-refractivity contribution in [3.63, 3.8) is 0 Å². The molecule has 0 unspecified atom stereocenters. The molecule has 0 saturated carbocycles. The van der Waals surface area contributed by atoms with E-state index in [0.29, 0.717) is 19.3 Å². The number of carbonyl (C=O) groups excluding carboxylic acids is 3. The number of rotatable bonds is 49. The van der Waals surface area contributed by atoms with Crippen LogP contribution in [0.5, 0.6) is 0 Å². The quantitative estimate of drug-likeness (QED) is 0.0446. The number of carbonyl (C=O) groups is 3. The van der Waals surface area contributed by atoms with Crippen molar-refractivity contribution in [3.05, 3.63) is 0 Å². The van der Waals surface area contributed by atoms with Crippen LogP contribution in [-0.2, 0) is 40.4 Å². The Labute approximate surface area is 401 Å². The molecule has 0 aromatic rings. The molecular weight excluding hydrogens is 828 g/mol. The van der Waals surface area contributed by atoms with Crippen LogP contribution in [0.4, 0.5) is 0 Å². The molecule has 380 valence electrons. The van der Waals surface area contributed by atoms with Crippen molar-refractivity contribution >= 4 is 16.0 Å². The third-order valence-electron chi connectivity index (χ3n) is 13.9. The summed E-state index contributed by atoms with van der Waals surface area (Å²) in [4.78, 5) is 40.9. The number of hydrogen-bond donors (Lipinski definition) is 0. The molecule has 0 aliphatic rings. The van der Waals surface area contributed by atoms with Crippen LogP contribution in [0.1, 0.15) is 325 Å². The van der Waals surface area contributed by atoms with Gasteiger partial charge < -0.3 is 0 Å². The van der Waals surface area contributed by atoms with Gasteiger partial charge in [-0.2, -0.15) is 0 Å². The summed E-state index contributed by atoms with van der Waals surface area (Å²) in [6.07, 6.45) is 46.7. The first-order valence-electron chi connectivity index (χ1n) is 28.6. The van der Waals surface area contributed by atoms with Crippen LogP contribution in [0.2, 0.25) is 4.22 Å². The Kier molecular flexibility index (Phi) is 41.7. The second kappa shape index (κ2) is 42.2. The van der Waals surface area contributed by atoms with Crippen molar-refractivity contribution in [2.45, 2.75) is 329 Å². The molecule has 0 spiro atoms. The molecule has 0 fully saturated rings. The van der Waals surface area contributed by atoms with Crippen molar-refractivity contribution in [2.24, 2.45) is 17.8 Å². The molecule has 0 rings (SSSR count). The van der Waals surface area contributed by atoms with Crippen molar-refractivity contribution in [3.8, 4) is 0 Å². The third-order valence-corrected chi connectivity index (χ3v) is 20.9. The van der Waals surface area contributed by atoms with E-state index in [9.17, 15) is 14.4 Å². The minimum atomic E-state index is -6.45. The zero-order valence-electron chi connectivity index (χ0n) is 44.5. The fourth-order valence-electron chi connectivity index (χ4n) is 9.24. The maximum absolute atomic E-state index is 15.2. The molecule has 0 aliphatic heterocycles. The Morgan fingerprint density at radius 3 is 0.688 bits per heavy atom. The van der Waals surface area contributed by atoms with E-state index in [1.807, 2.05) is 0 Å². The Morgan fingerprint density at radius 2 is 0.484 bits per heavy atom. The monoisotopic (exact) mass is 941 g/mol. The van der Waals surface area contributed by atoms with E-state index in [1.54, 1.807) is 13.8 Å². The molecule has 0 heterocycles. The van der Waals surface area contributed by atoms with Crippen LogP contribution < -0.4 is 0 Å². The summed E-state index contributed by atoms with van der Waals surface area (Å²) in [5.74, 6) is 1.13. The molecule has 0 atom stereocenters. The molecule has 0 aliphatic carbocycles. The van der Waals surface area contributed by atoms with Crippen LogP contribution in [0, 0.1) is 17.8 Å². The maximum atomic E-state index is 15.2. The Morgan fingerprint density at radius 1 is 0.297 bits per heavy atom. The standard InChI is InChI=1S/2C18H36O2.C18H35O.C3H7.O.Ti/c2*1-17(2)15-13-11-9-7-5-3-4-6-8-10-12-14-16-18(19)20;1-18(2)16-14-12-10-8-6-4-3-5-7-9-11-13-15-17-19;1-3-2;;/h2*17H,3-16H2,1-2H3,(H,19,20);18H,3-16H2,1-2H3;3H,1-2H3;;/q;;;;;+2/p-2. The van der Waals surface area contributed by atoms with E-state index in [-0.39, 0.29) is 19.3 Å². The summed E-state index contributed by atoms with van der Waals surface area (Å²) in [5.41, 5.74) is 0. The van der Waals surface area contributed by atoms with Gasteiger partial charge in [0.15, 0.2) is 0 Å². The van der Waals surface area contributed by atoms with E-state index in [0.717, 1.165) is 75.5 Å². The molecule has 0 N–H and O–H groups in total. The summed E-state index contributed by atoms with van der Waals surface area (Å²) < 4.78 is 25.3. The van der Waals surface area contributed by atoms with Crippen LogP contribution in [0.15, 0.2) is 0 Å². The van der Waals surface area contributed by atoms with Gasteiger partial charge >= 0.3 is 274 Å². The molecule has 0 aromatic carbocycles.